The van der Waals surface area contributed by atoms with Crippen LogP contribution in [0.25, 0.3) is 0 Å². The summed E-state index contributed by atoms with van der Waals surface area (Å²) >= 11 is 0. The number of aromatic nitrogens is 2. The van der Waals surface area contributed by atoms with Crippen molar-refractivity contribution in [2.24, 2.45) is 5.73 Å². The van der Waals surface area contributed by atoms with Gasteiger partial charge < -0.3 is 24.9 Å². The van der Waals surface area contributed by atoms with Gasteiger partial charge in [-0.25, -0.2) is 4.98 Å². The highest BCUT2D eigenvalue weighted by molar-refractivity contribution is 6.72. The van der Waals surface area contributed by atoms with Crippen molar-refractivity contribution in [1.82, 2.24) is 9.55 Å². The van der Waals surface area contributed by atoms with Gasteiger partial charge in [0.15, 0.2) is 8.32 Å². The van der Waals surface area contributed by atoms with Gasteiger partial charge in [-0.2, -0.15) is 0 Å². The number of aliphatic hydroxyl groups is 1. The number of hydrogen-bond acceptors (Lipinski definition) is 5. The molecule has 0 aromatic carbocycles. The fourth-order valence-corrected chi connectivity index (χ4v) is 3.28. The highest BCUT2D eigenvalue weighted by Gasteiger charge is 2.40. The van der Waals surface area contributed by atoms with Gasteiger partial charge in [0, 0.05) is 0 Å². The Morgan fingerprint density at radius 3 is 2.65 bits per heavy atom. The molecular formula is C15H27N3O4Si. The first-order valence-electron chi connectivity index (χ1n) is 7.91. The van der Waals surface area contributed by atoms with Crippen molar-refractivity contribution in [1.29, 1.82) is 0 Å². The summed E-state index contributed by atoms with van der Waals surface area (Å²) < 4.78 is 7.63. The van der Waals surface area contributed by atoms with Crippen molar-refractivity contribution >= 4 is 14.2 Å². The molecule has 0 saturated carbocycles. The highest BCUT2D eigenvalue weighted by atomic mass is 28.4. The minimum absolute atomic E-state index is 0.0225. The van der Waals surface area contributed by atoms with Crippen LogP contribution in [0.3, 0.4) is 0 Å². The normalized spacial score (nSPS) is 22.5. The van der Waals surface area contributed by atoms with Gasteiger partial charge in [-0.1, -0.05) is 13.8 Å². The summed E-state index contributed by atoms with van der Waals surface area (Å²) in [6.07, 6.45) is 3.11. The lowest BCUT2D eigenvalue weighted by molar-refractivity contribution is -0.0236. The van der Waals surface area contributed by atoms with Crippen molar-refractivity contribution in [3.05, 3.63) is 17.7 Å². The third-order valence-electron chi connectivity index (χ3n) is 4.99. The number of ether oxygens (including phenoxy) is 1. The summed E-state index contributed by atoms with van der Waals surface area (Å²) in [4.78, 5) is 26.4. The van der Waals surface area contributed by atoms with E-state index in [9.17, 15) is 14.7 Å². The Morgan fingerprint density at radius 2 is 2.17 bits per heavy atom. The smallest absolute Gasteiger partial charge is 0.269 e. The average Bonchev–Trinajstić information content (AvgIpc) is 3.02. The van der Waals surface area contributed by atoms with Crippen molar-refractivity contribution in [2.75, 3.05) is 6.61 Å². The summed E-state index contributed by atoms with van der Waals surface area (Å²) in [7, 11) is -2.46. The number of rotatable bonds is 6. The minimum atomic E-state index is -2.46. The molecule has 0 unspecified atom stereocenters. The molecule has 2 heterocycles. The van der Waals surface area contributed by atoms with Gasteiger partial charge >= 0.3 is 0 Å². The molecule has 130 valence electrons. The van der Waals surface area contributed by atoms with Crippen molar-refractivity contribution < 1.29 is 19.4 Å². The molecule has 1 fully saturated rings. The number of carbonyl (C=O) groups excluding carboxylic acids is 1. The Morgan fingerprint density at radius 1 is 1.52 bits per heavy atom. The SMILES string of the molecule is CC(C)(Cc1c(C(N)=O)ncn1[C@H]1CC[C@@H](CO)O1)[Si](C)(C)O. The topological polar surface area (TPSA) is 111 Å². The summed E-state index contributed by atoms with van der Waals surface area (Å²) in [5, 5.41) is 8.88. The molecule has 1 aliphatic rings. The Hall–Kier alpha value is -1.22. The van der Waals surface area contributed by atoms with Gasteiger partial charge in [-0.05, 0) is 37.4 Å². The first-order valence-corrected chi connectivity index (χ1v) is 10.9. The maximum atomic E-state index is 11.7. The van der Waals surface area contributed by atoms with E-state index in [2.05, 4.69) is 4.98 Å². The molecular weight excluding hydrogens is 314 g/mol. The Balaban J connectivity index is 2.36. The fourth-order valence-electron chi connectivity index (χ4n) is 2.68. The minimum Gasteiger partial charge on any atom is -0.432 e. The van der Waals surface area contributed by atoms with Crippen LogP contribution in [0.15, 0.2) is 6.33 Å². The number of nitrogens with zero attached hydrogens (tertiary/aromatic N) is 2. The van der Waals surface area contributed by atoms with E-state index in [1.807, 2.05) is 31.5 Å². The standard InChI is InChI=1S/C15H27N3O4Si/c1-15(2,23(3,4)21)7-11-13(14(16)20)17-9-18(11)12-6-5-10(8-19)22-12/h9-10,12,19,21H,5-8H2,1-4H3,(H2,16,20)/t10-,12+/m0/s1. The molecule has 0 bridgehead atoms. The van der Waals surface area contributed by atoms with E-state index < -0.39 is 14.2 Å². The molecule has 1 aromatic heterocycles. The molecule has 1 aliphatic heterocycles. The van der Waals surface area contributed by atoms with Crippen LogP contribution in [0, 0.1) is 0 Å². The lowest BCUT2D eigenvalue weighted by Gasteiger charge is -2.35. The lowest BCUT2D eigenvalue weighted by atomic mass is 10.0. The van der Waals surface area contributed by atoms with E-state index in [1.165, 1.54) is 0 Å². The van der Waals surface area contributed by atoms with Crippen molar-refractivity contribution in [2.45, 2.75) is 63.6 Å². The van der Waals surface area contributed by atoms with Crippen LogP contribution < -0.4 is 5.73 Å². The molecule has 0 spiro atoms. The molecule has 23 heavy (non-hydrogen) atoms. The number of nitrogens with two attached hydrogens (primary N) is 1. The molecule has 0 aliphatic carbocycles. The van der Waals surface area contributed by atoms with E-state index in [0.717, 1.165) is 12.8 Å². The molecule has 8 heteroatoms. The number of amides is 1. The molecule has 1 amide bonds. The van der Waals surface area contributed by atoms with Gasteiger partial charge in [0.1, 0.15) is 11.9 Å². The van der Waals surface area contributed by atoms with E-state index >= 15 is 0 Å². The summed E-state index contributed by atoms with van der Waals surface area (Å²) in [6.45, 7) is 7.73. The number of imidazole rings is 1. The second kappa shape index (κ2) is 6.35. The van der Waals surface area contributed by atoms with Crippen molar-refractivity contribution in [3.8, 4) is 0 Å². The van der Waals surface area contributed by atoms with Crippen LogP contribution in [-0.2, 0) is 11.2 Å². The predicted molar refractivity (Wildman–Crippen MR) is 88.4 cm³/mol. The molecule has 0 radical (unpaired) electrons. The zero-order valence-corrected chi connectivity index (χ0v) is 15.2. The average molecular weight is 341 g/mol. The van der Waals surface area contributed by atoms with E-state index in [0.29, 0.717) is 12.1 Å². The molecule has 7 nitrogen and oxygen atoms in total. The Kier molecular flexibility index (Phi) is 5.00. The van der Waals surface area contributed by atoms with Crippen LogP contribution in [0.4, 0.5) is 0 Å². The van der Waals surface area contributed by atoms with Gasteiger partial charge in [0.2, 0.25) is 0 Å². The second-order valence-corrected chi connectivity index (χ2v) is 11.9. The molecule has 2 atom stereocenters. The quantitative estimate of drug-likeness (QED) is 0.673. The molecule has 4 N–H and O–H groups in total. The third kappa shape index (κ3) is 3.65. The third-order valence-corrected chi connectivity index (χ3v) is 8.48. The first kappa shape index (κ1) is 18.1. The number of carbonyl (C=O) groups is 1. The molecule has 1 aromatic rings. The maximum absolute atomic E-state index is 11.7. The fraction of sp³-hybridized carbons (Fsp3) is 0.733. The van der Waals surface area contributed by atoms with Gasteiger partial charge in [-0.3, -0.25) is 4.79 Å². The van der Waals surface area contributed by atoms with Crippen LogP contribution >= 0.6 is 0 Å². The molecule has 2 rings (SSSR count). The van der Waals surface area contributed by atoms with Gasteiger partial charge in [0.25, 0.3) is 5.91 Å². The summed E-state index contributed by atoms with van der Waals surface area (Å²) in [6, 6.07) is 0. The van der Waals surface area contributed by atoms with E-state index in [4.69, 9.17) is 10.5 Å². The summed E-state index contributed by atoms with van der Waals surface area (Å²) in [5.41, 5.74) is 6.39. The first-order chi connectivity index (χ1) is 10.6. The zero-order valence-electron chi connectivity index (χ0n) is 14.2. The number of aliphatic hydroxyl groups excluding tert-OH is 1. The van der Waals surface area contributed by atoms with Gasteiger partial charge in [0.05, 0.1) is 24.7 Å². The monoisotopic (exact) mass is 341 g/mol. The number of hydrogen-bond donors (Lipinski definition) is 3. The van der Waals surface area contributed by atoms with Gasteiger partial charge in [-0.15, -0.1) is 0 Å². The Bertz CT molecular complexity index is 580. The molecule has 1 saturated heterocycles. The largest absolute Gasteiger partial charge is 0.432 e. The van der Waals surface area contributed by atoms with Crippen molar-refractivity contribution in [3.63, 3.8) is 0 Å². The summed E-state index contributed by atoms with van der Waals surface area (Å²) in [5.74, 6) is -0.580. The highest BCUT2D eigenvalue weighted by Crippen LogP contribution is 2.40. The van der Waals surface area contributed by atoms with Crippen LogP contribution in [0.1, 0.15) is 49.1 Å². The van der Waals surface area contributed by atoms with Crippen LogP contribution in [0.2, 0.25) is 18.1 Å². The number of primary amides is 1. The van der Waals surface area contributed by atoms with Crippen LogP contribution in [0.5, 0.6) is 0 Å². The zero-order chi connectivity index (χ0) is 17.4. The van der Waals surface area contributed by atoms with E-state index in [1.54, 1.807) is 6.33 Å². The predicted octanol–water partition coefficient (Wildman–Crippen LogP) is 1.17. The second-order valence-electron chi connectivity index (χ2n) is 7.40. The van der Waals surface area contributed by atoms with Crippen LogP contribution in [-0.4, -0.2) is 46.4 Å². The van der Waals surface area contributed by atoms with E-state index in [-0.39, 0.29) is 29.7 Å². The Labute approximate surface area is 137 Å². The lowest BCUT2D eigenvalue weighted by Crippen LogP contribution is -2.41. The maximum Gasteiger partial charge on any atom is 0.269 e.